The summed E-state index contributed by atoms with van der Waals surface area (Å²) in [6.07, 6.45) is 1.04. The van der Waals surface area contributed by atoms with Gasteiger partial charge in [-0.1, -0.05) is 60.4 Å². The van der Waals surface area contributed by atoms with Crippen molar-refractivity contribution in [3.8, 4) is 0 Å². The second kappa shape index (κ2) is 5.55. The standard InChI is InChI=1S/C14H20BrCl/c1-10-5-6-11(13(16)7-10)8-12(9-15)14(2,3)4/h5-7,12H,8-9H2,1-4H3. The van der Waals surface area contributed by atoms with Crippen molar-refractivity contribution in [2.75, 3.05) is 5.33 Å². The lowest BCUT2D eigenvalue weighted by molar-refractivity contribution is 0.267. The molecule has 0 aliphatic carbocycles. The molecule has 0 spiro atoms. The number of hydrogen-bond donors (Lipinski definition) is 0. The van der Waals surface area contributed by atoms with Crippen LogP contribution in [0.4, 0.5) is 0 Å². The van der Waals surface area contributed by atoms with Crippen molar-refractivity contribution in [2.45, 2.75) is 34.1 Å². The SMILES string of the molecule is Cc1ccc(CC(CBr)C(C)(C)C)c(Cl)c1. The van der Waals surface area contributed by atoms with E-state index in [0.29, 0.717) is 11.3 Å². The Hall–Kier alpha value is -0.0100. The Morgan fingerprint density at radius 2 is 1.94 bits per heavy atom. The van der Waals surface area contributed by atoms with Crippen molar-refractivity contribution >= 4 is 27.5 Å². The number of halogens is 2. The minimum Gasteiger partial charge on any atom is -0.0925 e. The maximum atomic E-state index is 6.27. The van der Waals surface area contributed by atoms with E-state index in [9.17, 15) is 0 Å². The molecule has 2 heteroatoms. The third-order valence-corrected chi connectivity index (χ3v) is 4.22. The molecule has 0 fully saturated rings. The Morgan fingerprint density at radius 3 is 2.38 bits per heavy atom. The zero-order valence-electron chi connectivity index (χ0n) is 10.5. The third kappa shape index (κ3) is 3.78. The Balaban J connectivity index is 2.86. The van der Waals surface area contributed by atoms with Crippen LogP contribution >= 0.6 is 27.5 Å². The van der Waals surface area contributed by atoms with Crippen molar-refractivity contribution < 1.29 is 0 Å². The minimum atomic E-state index is 0.303. The first-order valence-electron chi connectivity index (χ1n) is 5.65. The van der Waals surface area contributed by atoms with Gasteiger partial charge in [-0.2, -0.15) is 0 Å². The van der Waals surface area contributed by atoms with Gasteiger partial charge in [0.2, 0.25) is 0 Å². The zero-order valence-corrected chi connectivity index (χ0v) is 12.8. The fourth-order valence-electron chi connectivity index (χ4n) is 1.68. The fraction of sp³-hybridized carbons (Fsp3) is 0.571. The van der Waals surface area contributed by atoms with Gasteiger partial charge < -0.3 is 0 Å². The van der Waals surface area contributed by atoms with Crippen LogP contribution in [0, 0.1) is 18.3 Å². The molecule has 0 N–H and O–H groups in total. The van der Waals surface area contributed by atoms with Crippen molar-refractivity contribution in [2.24, 2.45) is 11.3 Å². The molecule has 1 aromatic rings. The molecule has 0 aromatic heterocycles. The van der Waals surface area contributed by atoms with Crippen LogP contribution in [-0.4, -0.2) is 5.33 Å². The first-order chi connectivity index (χ1) is 7.34. The summed E-state index contributed by atoms with van der Waals surface area (Å²) in [5, 5.41) is 1.91. The molecule has 16 heavy (non-hydrogen) atoms. The highest BCUT2D eigenvalue weighted by Gasteiger charge is 2.24. The van der Waals surface area contributed by atoms with Gasteiger partial charge in [-0.3, -0.25) is 0 Å². The summed E-state index contributed by atoms with van der Waals surface area (Å²) in [7, 11) is 0. The van der Waals surface area contributed by atoms with E-state index >= 15 is 0 Å². The van der Waals surface area contributed by atoms with Crippen LogP contribution in [-0.2, 0) is 6.42 Å². The van der Waals surface area contributed by atoms with Crippen LogP contribution in [0.15, 0.2) is 18.2 Å². The molecule has 0 radical (unpaired) electrons. The molecule has 1 atom stereocenters. The van der Waals surface area contributed by atoms with E-state index in [1.54, 1.807) is 0 Å². The van der Waals surface area contributed by atoms with Gasteiger partial charge in [0.05, 0.1) is 0 Å². The molecule has 0 nitrogen and oxygen atoms in total. The van der Waals surface area contributed by atoms with Gasteiger partial charge in [0.1, 0.15) is 0 Å². The Labute approximate surface area is 113 Å². The molecular formula is C14H20BrCl. The smallest absolute Gasteiger partial charge is 0.0440 e. The molecule has 0 heterocycles. The van der Waals surface area contributed by atoms with Crippen LogP contribution in [0.25, 0.3) is 0 Å². The summed E-state index contributed by atoms with van der Waals surface area (Å²) >= 11 is 9.87. The van der Waals surface area contributed by atoms with Crippen LogP contribution in [0.5, 0.6) is 0 Å². The van der Waals surface area contributed by atoms with Gasteiger partial charge in [0, 0.05) is 10.4 Å². The molecule has 0 amide bonds. The summed E-state index contributed by atoms with van der Waals surface area (Å²) in [5.74, 6) is 0.604. The predicted octanol–water partition coefficient (Wildman–Crippen LogP) is 5.25. The monoisotopic (exact) mass is 302 g/mol. The number of aryl methyl sites for hydroxylation is 1. The lowest BCUT2D eigenvalue weighted by Crippen LogP contribution is -2.24. The first-order valence-corrected chi connectivity index (χ1v) is 7.15. The van der Waals surface area contributed by atoms with Gasteiger partial charge in [0.15, 0.2) is 0 Å². The lowest BCUT2D eigenvalue weighted by atomic mass is 9.78. The average Bonchev–Trinajstić information content (AvgIpc) is 2.14. The van der Waals surface area contributed by atoms with Crippen molar-refractivity contribution in [1.82, 2.24) is 0 Å². The van der Waals surface area contributed by atoms with E-state index in [1.165, 1.54) is 11.1 Å². The Bertz CT molecular complexity index is 352. The predicted molar refractivity (Wildman–Crippen MR) is 76.6 cm³/mol. The Kier molecular flexibility index (Phi) is 4.88. The van der Waals surface area contributed by atoms with Crippen molar-refractivity contribution in [1.29, 1.82) is 0 Å². The van der Waals surface area contributed by atoms with Crippen LogP contribution < -0.4 is 0 Å². The normalized spacial score (nSPS) is 13.9. The topological polar surface area (TPSA) is 0 Å². The van der Waals surface area contributed by atoms with Gasteiger partial charge in [-0.25, -0.2) is 0 Å². The molecule has 0 aliphatic rings. The molecule has 0 aliphatic heterocycles. The molecule has 0 bridgehead atoms. The zero-order chi connectivity index (χ0) is 12.3. The van der Waals surface area contributed by atoms with E-state index in [1.807, 2.05) is 6.07 Å². The average molecular weight is 304 g/mol. The largest absolute Gasteiger partial charge is 0.0925 e. The summed E-state index contributed by atoms with van der Waals surface area (Å²) < 4.78 is 0. The highest BCUT2D eigenvalue weighted by Crippen LogP contribution is 2.32. The van der Waals surface area contributed by atoms with Gasteiger partial charge in [-0.05, 0) is 41.9 Å². The summed E-state index contributed by atoms with van der Waals surface area (Å²) in [6.45, 7) is 8.91. The maximum absolute atomic E-state index is 6.27. The molecule has 0 saturated carbocycles. The lowest BCUT2D eigenvalue weighted by Gasteiger charge is -2.29. The molecule has 1 aromatic carbocycles. The second-order valence-corrected chi connectivity index (χ2v) is 6.57. The molecule has 90 valence electrons. The number of hydrogen-bond acceptors (Lipinski definition) is 0. The van der Waals surface area contributed by atoms with Crippen LogP contribution in [0.2, 0.25) is 5.02 Å². The second-order valence-electron chi connectivity index (χ2n) is 5.52. The summed E-state index contributed by atoms with van der Waals surface area (Å²) in [5.41, 5.74) is 2.78. The molecule has 1 unspecified atom stereocenters. The van der Waals surface area contributed by atoms with Crippen molar-refractivity contribution in [3.05, 3.63) is 34.3 Å². The first kappa shape index (κ1) is 14.1. The molecule has 0 saturated heterocycles. The van der Waals surface area contributed by atoms with Gasteiger partial charge in [-0.15, -0.1) is 0 Å². The van der Waals surface area contributed by atoms with Gasteiger partial charge >= 0.3 is 0 Å². The minimum absolute atomic E-state index is 0.303. The number of benzene rings is 1. The molecule has 1 rings (SSSR count). The Morgan fingerprint density at radius 1 is 1.31 bits per heavy atom. The highest BCUT2D eigenvalue weighted by atomic mass is 79.9. The highest BCUT2D eigenvalue weighted by molar-refractivity contribution is 9.09. The van der Waals surface area contributed by atoms with Gasteiger partial charge in [0.25, 0.3) is 0 Å². The van der Waals surface area contributed by atoms with Crippen molar-refractivity contribution in [3.63, 3.8) is 0 Å². The maximum Gasteiger partial charge on any atom is 0.0440 e. The quantitative estimate of drug-likeness (QED) is 0.669. The molecular weight excluding hydrogens is 284 g/mol. The van der Waals surface area contributed by atoms with Crippen LogP contribution in [0.1, 0.15) is 31.9 Å². The summed E-state index contributed by atoms with van der Waals surface area (Å²) in [6, 6.07) is 6.33. The van der Waals surface area contributed by atoms with E-state index in [2.05, 4.69) is 55.8 Å². The van der Waals surface area contributed by atoms with E-state index in [0.717, 1.165) is 16.8 Å². The van der Waals surface area contributed by atoms with E-state index in [-0.39, 0.29) is 0 Å². The summed E-state index contributed by atoms with van der Waals surface area (Å²) in [4.78, 5) is 0. The third-order valence-electron chi connectivity index (χ3n) is 3.09. The number of alkyl halides is 1. The van der Waals surface area contributed by atoms with E-state index in [4.69, 9.17) is 11.6 Å². The van der Waals surface area contributed by atoms with Crippen LogP contribution in [0.3, 0.4) is 0 Å². The van der Waals surface area contributed by atoms with E-state index < -0.39 is 0 Å². The fourth-order valence-corrected chi connectivity index (χ4v) is 3.19. The number of rotatable bonds is 3.